The van der Waals surface area contributed by atoms with Gasteiger partial charge in [0.1, 0.15) is 19.7 Å². The summed E-state index contributed by atoms with van der Waals surface area (Å²) in [4.78, 5) is 0. The van der Waals surface area contributed by atoms with Gasteiger partial charge in [-0.05, 0) is 6.92 Å². The van der Waals surface area contributed by atoms with Crippen LogP contribution in [-0.4, -0.2) is 39.1 Å². The van der Waals surface area contributed by atoms with E-state index in [1.165, 1.54) is 0 Å². The Morgan fingerprint density at radius 2 is 1.20 bits per heavy atom. The second kappa shape index (κ2) is 6.69. The van der Waals surface area contributed by atoms with Gasteiger partial charge in [-0.1, -0.05) is 4.58 Å². The molecule has 5 nitrogen and oxygen atoms in total. The number of hydrogen-bond donors (Lipinski definition) is 1. The zero-order chi connectivity index (χ0) is 15.9. The number of aliphatic hydroxyl groups excluding tert-OH is 1. The molecule has 14 heteroatoms. The molecule has 0 saturated heterocycles. The van der Waals surface area contributed by atoms with Gasteiger partial charge in [0.2, 0.25) is 0 Å². The van der Waals surface area contributed by atoms with Crippen molar-refractivity contribution in [3.05, 3.63) is 4.58 Å². The van der Waals surface area contributed by atoms with Crippen LogP contribution in [0.2, 0.25) is 0 Å². The molecule has 0 aromatic rings. The molecule has 0 bridgehead atoms. The second-order valence-corrected chi connectivity index (χ2v) is 7.51. The van der Waals surface area contributed by atoms with E-state index in [0.717, 1.165) is 0 Å². The number of hydrogen-bond acceptors (Lipinski definition) is 5. The van der Waals surface area contributed by atoms with Crippen LogP contribution in [0, 0.1) is 4.58 Å². The molecule has 116 valence electrons. The molecule has 1 unspecified atom stereocenters. The van der Waals surface area contributed by atoms with Crippen molar-refractivity contribution in [3.63, 3.8) is 0 Å². The maximum absolute atomic E-state index is 12.1. The summed E-state index contributed by atoms with van der Waals surface area (Å²) < 4.78 is 113. The van der Waals surface area contributed by atoms with Gasteiger partial charge in [0.25, 0.3) is 0 Å². The van der Waals surface area contributed by atoms with Gasteiger partial charge >= 0.3 is 40.6 Å². The Kier molecular flexibility index (Phi) is 7.60. The van der Waals surface area contributed by atoms with Crippen molar-refractivity contribution in [1.29, 1.82) is 0 Å². The van der Waals surface area contributed by atoms with Crippen molar-refractivity contribution in [2.24, 2.45) is 0 Å². The fourth-order valence-corrected chi connectivity index (χ4v) is 4.02. The predicted molar refractivity (Wildman–Crippen MR) is 49.5 cm³/mol. The Hall–Kier alpha value is 0.440. The summed E-state index contributed by atoms with van der Waals surface area (Å²) in [6.45, 7) is 0.637. The van der Waals surface area contributed by atoms with Gasteiger partial charge in [-0.25, -0.2) is 0 Å². The van der Waals surface area contributed by atoms with E-state index < -0.39 is 47.8 Å². The van der Waals surface area contributed by atoms with E-state index in [1.807, 2.05) is 0 Å². The first-order chi connectivity index (χ1) is 8.05. The van der Waals surface area contributed by atoms with E-state index >= 15 is 0 Å². The molecule has 0 saturated carbocycles. The molecule has 1 N–H and O–H groups in total. The normalized spacial score (nSPS) is 15.8. The standard InChI is InChI=1S/C6H7F6O5S2.Na/c1-3(13)2-4(18(14,15)5(7,8)9)19(16,17)6(10,11)12;/h3,13H,2H2,1H3;/q-1;+1. The Balaban J connectivity index is 0. The van der Waals surface area contributed by atoms with Gasteiger partial charge in [-0.2, -0.15) is 26.3 Å². The third kappa shape index (κ3) is 4.73. The van der Waals surface area contributed by atoms with Crippen LogP contribution in [0.3, 0.4) is 0 Å². The van der Waals surface area contributed by atoms with E-state index in [0.29, 0.717) is 6.92 Å². The maximum Gasteiger partial charge on any atom is 1.00 e. The van der Waals surface area contributed by atoms with Crippen molar-refractivity contribution in [1.82, 2.24) is 0 Å². The summed E-state index contributed by atoms with van der Waals surface area (Å²) >= 11 is 0. The molecule has 0 aliphatic rings. The molecule has 0 aliphatic carbocycles. The molecule has 0 aromatic carbocycles. The third-order valence-corrected chi connectivity index (χ3v) is 5.74. The van der Waals surface area contributed by atoms with Crippen LogP contribution in [0.25, 0.3) is 0 Å². The smallest absolute Gasteiger partial charge is 0.396 e. The number of aliphatic hydroxyl groups is 1. The first-order valence-corrected chi connectivity index (χ1v) is 7.18. The molecule has 0 fully saturated rings. The summed E-state index contributed by atoms with van der Waals surface area (Å²) in [6, 6.07) is 0. The minimum atomic E-state index is -6.73. The molecule has 0 amide bonds. The van der Waals surface area contributed by atoms with Crippen LogP contribution in [0.1, 0.15) is 13.3 Å². The minimum absolute atomic E-state index is 0. The minimum Gasteiger partial charge on any atom is -0.396 e. The van der Waals surface area contributed by atoms with E-state index in [-0.39, 0.29) is 29.6 Å². The van der Waals surface area contributed by atoms with Gasteiger partial charge in [0, 0.05) is 6.10 Å². The maximum atomic E-state index is 12.1. The Bertz CT molecular complexity index is 475. The first kappa shape index (κ1) is 22.7. The van der Waals surface area contributed by atoms with Crippen molar-refractivity contribution >= 4 is 19.7 Å². The van der Waals surface area contributed by atoms with Gasteiger partial charge in [-0.3, -0.25) is 16.8 Å². The van der Waals surface area contributed by atoms with Crippen LogP contribution in [-0.2, 0) is 19.7 Å². The molecule has 0 aromatic heterocycles. The van der Waals surface area contributed by atoms with Crippen molar-refractivity contribution in [3.8, 4) is 0 Å². The van der Waals surface area contributed by atoms with Crippen LogP contribution >= 0.6 is 0 Å². The molecule has 0 radical (unpaired) electrons. The van der Waals surface area contributed by atoms with Crippen LogP contribution in [0.4, 0.5) is 26.3 Å². The van der Waals surface area contributed by atoms with Gasteiger partial charge in [0.15, 0.2) is 0 Å². The fraction of sp³-hybridized carbons (Fsp3) is 0.833. The quantitative estimate of drug-likeness (QED) is 0.360. The Morgan fingerprint density at radius 1 is 0.950 bits per heavy atom. The average Bonchev–Trinajstić information content (AvgIpc) is 2.09. The molecular formula is C6H7F6NaO5S2. The largest absolute Gasteiger partial charge is 1.00 e. The summed E-state index contributed by atoms with van der Waals surface area (Å²) in [5.41, 5.74) is -12.5. The van der Waals surface area contributed by atoms with Crippen molar-refractivity contribution in [2.45, 2.75) is 30.5 Å². The monoisotopic (exact) mass is 360 g/mol. The van der Waals surface area contributed by atoms with Crippen LogP contribution < -0.4 is 29.6 Å². The van der Waals surface area contributed by atoms with Crippen molar-refractivity contribution in [2.75, 3.05) is 0 Å². The van der Waals surface area contributed by atoms with Gasteiger partial charge < -0.3 is 5.11 Å². The van der Waals surface area contributed by atoms with E-state index in [4.69, 9.17) is 5.11 Å². The van der Waals surface area contributed by atoms with Gasteiger partial charge in [-0.15, -0.1) is 6.42 Å². The molecule has 0 heterocycles. The van der Waals surface area contributed by atoms with Gasteiger partial charge in [0.05, 0.1) is 0 Å². The van der Waals surface area contributed by atoms with Crippen LogP contribution in [0.5, 0.6) is 0 Å². The number of rotatable bonds is 4. The zero-order valence-corrected chi connectivity index (χ0v) is 13.6. The Morgan fingerprint density at radius 3 is 1.35 bits per heavy atom. The molecule has 1 atom stereocenters. The van der Waals surface area contributed by atoms with Crippen LogP contribution in [0.15, 0.2) is 0 Å². The predicted octanol–water partition coefficient (Wildman–Crippen LogP) is -1.88. The van der Waals surface area contributed by atoms with E-state index in [9.17, 15) is 43.2 Å². The topological polar surface area (TPSA) is 88.5 Å². The number of halogens is 6. The molecule has 0 rings (SSSR count). The SMILES string of the molecule is CC(O)C[C-](S(=O)(=O)C(F)(F)F)S(=O)(=O)C(F)(F)F.[Na+]. The van der Waals surface area contributed by atoms with E-state index in [1.54, 1.807) is 0 Å². The zero-order valence-electron chi connectivity index (χ0n) is 9.95. The summed E-state index contributed by atoms with van der Waals surface area (Å²) in [5.74, 6) is 0. The first-order valence-electron chi connectivity index (χ1n) is 4.21. The fourth-order valence-electron chi connectivity index (χ4n) is 0.863. The van der Waals surface area contributed by atoms with E-state index in [2.05, 4.69) is 0 Å². The number of sulfone groups is 2. The summed E-state index contributed by atoms with van der Waals surface area (Å²) in [7, 11) is -13.5. The molecule has 0 aliphatic heterocycles. The average molecular weight is 360 g/mol. The Labute approximate surface area is 132 Å². The third-order valence-electron chi connectivity index (χ3n) is 1.67. The van der Waals surface area contributed by atoms with Crippen molar-refractivity contribution < 1.29 is 77.8 Å². The molecule has 0 spiro atoms. The summed E-state index contributed by atoms with van der Waals surface area (Å²) in [5, 5.41) is 8.70. The summed E-state index contributed by atoms with van der Waals surface area (Å²) in [6.07, 6.45) is -3.87. The second-order valence-electron chi connectivity index (χ2n) is 3.32. The molecular weight excluding hydrogens is 353 g/mol. The number of alkyl halides is 6. The molecule has 20 heavy (non-hydrogen) atoms.